The highest BCUT2D eigenvalue weighted by Crippen LogP contribution is 2.39. The van der Waals surface area contributed by atoms with Gasteiger partial charge in [0.25, 0.3) is 0 Å². The summed E-state index contributed by atoms with van der Waals surface area (Å²) in [6.07, 6.45) is 8.93. The number of para-hydroxylation sites is 1. The first-order valence-corrected chi connectivity index (χ1v) is 12.9. The van der Waals surface area contributed by atoms with Crippen molar-refractivity contribution in [3.8, 4) is 5.69 Å². The molecular formula is C30H23NS2. The third-order valence-electron chi connectivity index (χ3n) is 5.93. The smallest absolute Gasteiger partial charge is 0.0541 e. The molecule has 0 saturated carbocycles. The van der Waals surface area contributed by atoms with Crippen molar-refractivity contribution >= 4 is 45.3 Å². The zero-order chi connectivity index (χ0) is 22.0. The molecule has 0 radical (unpaired) electrons. The molecule has 33 heavy (non-hydrogen) atoms. The van der Waals surface area contributed by atoms with Gasteiger partial charge in [0, 0.05) is 31.1 Å². The van der Waals surface area contributed by atoms with Crippen LogP contribution in [0.2, 0.25) is 0 Å². The first kappa shape index (κ1) is 20.5. The molecule has 0 atom stereocenters. The Morgan fingerprint density at radius 1 is 0.606 bits per heavy atom. The molecule has 4 aromatic carbocycles. The van der Waals surface area contributed by atoms with E-state index in [-0.39, 0.29) is 0 Å². The van der Waals surface area contributed by atoms with E-state index in [0.29, 0.717) is 0 Å². The number of hydrogen-bond acceptors (Lipinski definition) is 2. The molecule has 1 heterocycles. The van der Waals surface area contributed by atoms with Gasteiger partial charge in [-0.15, -0.1) is 0 Å². The number of aromatic nitrogens is 1. The van der Waals surface area contributed by atoms with Gasteiger partial charge in [-0.2, -0.15) is 0 Å². The molecule has 1 aromatic heterocycles. The van der Waals surface area contributed by atoms with Gasteiger partial charge >= 0.3 is 0 Å². The van der Waals surface area contributed by atoms with Crippen molar-refractivity contribution in [3.05, 3.63) is 120 Å². The molecule has 1 aliphatic carbocycles. The van der Waals surface area contributed by atoms with Crippen LogP contribution in [0.25, 0.3) is 27.5 Å². The summed E-state index contributed by atoms with van der Waals surface area (Å²) < 4.78 is 2.39. The van der Waals surface area contributed by atoms with E-state index in [9.17, 15) is 0 Å². The van der Waals surface area contributed by atoms with E-state index in [0.717, 1.165) is 12.8 Å². The number of thioether (sulfide) groups is 1. The van der Waals surface area contributed by atoms with Gasteiger partial charge in [0.05, 0.1) is 11.0 Å². The highest BCUT2D eigenvalue weighted by atomic mass is 32.2. The number of benzene rings is 4. The van der Waals surface area contributed by atoms with Crippen molar-refractivity contribution in [1.29, 1.82) is 0 Å². The van der Waals surface area contributed by atoms with E-state index in [1.807, 2.05) is 23.5 Å². The highest BCUT2D eigenvalue weighted by molar-refractivity contribution is 8.03. The van der Waals surface area contributed by atoms with Gasteiger partial charge in [-0.1, -0.05) is 78.2 Å². The van der Waals surface area contributed by atoms with Crippen molar-refractivity contribution in [2.45, 2.75) is 27.5 Å². The van der Waals surface area contributed by atoms with Crippen molar-refractivity contribution in [2.24, 2.45) is 0 Å². The minimum absolute atomic E-state index is 1.13. The number of allylic oxidation sites excluding steroid dienone is 4. The fourth-order valence-corrected chi connectivity index (χ4v) is 6.27. The van der Waals surface area contributed by atoms with E-state index in [1.165, 1.54) is 47.1 Å². The Morgan fingerprint density at radius 3 is 1.88 bits per heavy atom. The first-order valence-electron chi connectivity index (χ1n) is 11.3. The van der Waals surface area contributed by atoms with Crippen LogP contribution in [0.5, 0.6) is 0 Å². The molecule has 0 fully saturated rings. The largest absolute Gasteiger partial charge is 0.309 e. The van der Waals surface area contributed by atoms with E-state index in [2.05, 4.69) is 120 Å². The van der Waals surface area contributed by atoms with E-state index < -0.39 is 0 Å². The van der Waals surface area contributed by atoms with E-state index in [1.54, 1.807) is 0 Å². The second kappa shape index (κ2) is 9.01. The lowest BCUT2D eigenvalue weighted by atomic mass is 10.1. The Hall–Kier alpha value is -3.14. The summed E-state index contributed by atoms with van der Waals surface area (Å²) >= 11 is 3.71. The molecule has 0 aliphatic heterocycles. The molecule has 0 amide bonds. The maximum atomic E-state index is 2.39. The normalized spacial score (nSPS) is 13.5. The van der Waals surface area contributed by atoms with Crippen LogP contribution < -0.4 is 0 Å². The minimum atomic E-state index is 1.13. The van der Waals surface area contributed by atoms with E-state index in [4.69, 9.17) is 0 Å². The first-order chi connectivity index (χ1) is 16.3. The monoisotopic (exact) mass is 461 g/mol. The second-order valence-electron chi connectivity index (χ2n) is 8.15. The predicted molar refractivity (Wildman–Crippen MR) is 144 cm³/mol. The van der Waals surface area contributed by atoms with E-state index >= 15 is 0 Å². The number of nitrogens with zero attached hydrogens (tertiary/aromatic N) is 1. The topological polar surface area (TPSA) is 4.93 Å². The predicted octanol–water partition coefficient (Wildman–Crippen LogP) is 9.26. The van der Waals surface area contributed by atoms with Crippen LogP contribution in [0.4, 0.5) is 0 Å². The van der Waals surface area contributed by atoms with Crippen molar-refractivity contribution < 1.29 is 0 Å². The Morgan fingerprint density at radius 2 is 1.24 bits per heavy atom. The molecule has 6 rings (SSSR count). The molecular weight excluding hydrogens is 438 g/mol. The fourth-order valence-electron chi connectivity index (χ4n) is 4.41. The summed E-state index contributed by atoms with van der Waals surface area (Å²) in [6.45, 7) is 0. The summed E-state index contributed by atoms with van der Waals surface area (Å²) in [6, 6.07) is 35.1. The summed E-state index contributed by atoms with van der Waals surface area (Å²) in [7, 11) is 0. The SMILES string of the molecule is C1=CCCC(Sc2ccc3c(c2)c2cc(Sc4ccccc4)ccc2n3-c2ccccc2)=C1. The highest BCUT2D eigenvalue weighted by Gasteiger charge is 2.14. The van der Waals surface area contributed by atoms with Crippen molar-refractivity contribution in [3.63, 3.8) is 0 Å². The van der Waals surface area contributed by atoms with Crippen molar-refractivity contribution in [2.75, 3.05) is 0 Å². The molecule has 0 spiro atoms. The van der Waals surface area contributed by atoms with Crippen molar-refractivity contribution in [1.82, 2.24) is 4.57 Å². The number of hydrogen-bond donors (Lipinski definition) is 0. The van der Waals surface area contributed by atoms with Gasteiger partial charge in [-0.05, 0) is 78.4 Å². The minimum Gasteiger partial charge on any atom is -0.309 e. The van der Waals surface area contributed by atoms with Gasteiger partial charge in [-0.25, -0.2) is 0 Å². The average Bonchev–Trinajstić information content (AvgIpc) is 3.19. The van der Waals surface area contributed by atoms with Gasteiger partial charge in [0.15, 0.2) is 0 Å². The summed E-state index contributed by atoms with van der Waals surface area (Å²) in [4.78, 5) is 5.26. The Kier molecular flexibility index (Phi) is 5.59. The summed E-state index contributed by atoms with van der Waals surface area (Å²) in [5.74, 6) is 0. The molecule has 0 unspecified atom stereocenters. The van der Waals surface area contributed by atoms with Gasteiger partial charge in [-0.3, -0.25) is 0 Å². The van der Waals surface area contributed by atoms with Gasteiger partial charge in [0.1, 0.15) is 0 Å². The Bertz CT molecular complexity index is 1490. The zero-order valence-corrected chi connectivity index (χ0v) is 19.8. The van der Waals surface area contributed by atoms with Crippen LogP contribution in [-0.2, 0) is 0 Å². The average molecular weight is 462 g/mol. The summed E-state index contributed by atoms with van der Waals surface area (Å²) in [5.41, 5.74) is 3.69. The standard InChI is InChI=1S/C30H23NS2/c1-4-10-22(11-5-1)31-29-18-16-25(32-23-12-6-2-7-13-23)20-27(29)28-21-26(17-19-30(28)31)33-24-14-8-3-9-15-24/h1-8,10-14,16-21H,9,15H2. The lowest BCUT2D eigenvalue weighted by molar-refractivity contribution is 1.02. The van der Waals surface area contributed by atoms with Gasteiger partial charge in [0.2, 0.25) is 0 Å². The third-order valence-corrected chi connectivity index (χ3v) is 8.02. The van der Waals surface area contributed by atoms with Crippen LogP contribution in [0.3, 0.4) is 0 Å². The van der Waals surface area contributed by atoms with Crippen LogP contribution in [-0.4, -0.2) is 4.57 Å². The quantitative estimate of drug-likeness (QED) is 0.257. The molecule has 0 saturated heterocycles. The molecule has 0 N–H and O–H groups in total. The molecule has 160 valence electrons. The molecule has 3 heteroatoms. The maximum Gasteiger partial charge on any atom is 0.0541 e. The fraction of sp³-hybridized carbons (Fsp3) is 0.0667. The Balaban J connectivity index is 1.51. The van der Waals surface area contributed by atoms with Crippen LogP contribution in [0.15, 0.2) is 135 Å². The lowest BCUT2D eigenvalue weighted by Gasteiger charge is -2.10. The number of fused-ring (bicyclic) bond motifs is 3. The van der Waals surface area contributed by atoms with Crippen LogP contribution in [0.1, 0.15) is 12.8 Å². The third kappa shape index (κ3) is 4.15. The second-order valence-corrected chi connectivity index (χ2v) is 10.5. The summed E-state index contributed by atoms with van der Waals surface area (Å²) in [5, 5.41) is 2.61. The molecule has 1 nitrogen and oxygen atoms in total. The molecule has 0 bridgehead atoms. The Labute approximate surface area is 202 Å². The lowest BCUT2D eigenvalue weighted by Crippen LogP contribution is -1.93. The number of rotatable bonds is 5. The molecule has 5 aromatic rings. The van der Waals surface area contributed by atoms with Gasteiger partial charge < -0.3 is 4.57 Å². The van der Waals surface area contributed by atoms with Crippen LogP contribution in [0, 0.1) is 0 Å². The molecule has 1 aliphatic rings. The maximum absolute atomic E-state index is 2.39. The van der Waals surface area contributed by atoms with Crippen LogP contribution >= 0.6 is 23.5 Å². The zero-order valence-electron chi connectivity index (χ0n) is 18.1.